The van der Waals surface area contributed by atoms with Crippen molar-refractivity contribution in [3.05, 3.63) is 0 Å². The number of unbranched alkanes of at least 4 members (excludes halogenated alkanes) is 15. The third-order valence-corrected chi connectivity index (χ3v) is 9.48. The molecule has 1 nitrogen and oxygen atoms in total. The number of rotatable bonds is 22. The third kappa shape index (κ3) is 17.9. The van der Waals surface area contributed by atoms with Crippen molar-refractivity contribution in [1.82, 2.24) is 0 Å². The molecule has 0 spiro atoms. The lowest BCUT2D eigenvalue weighted by Crippen LogP contribution is -2.18. The van der Waals surface area contributed by atoms with E-state index in [1.165, 1.54) is 152 Å². The van der Waals surface area contributed by atoms with Crippen molar-refractivity contribution in [2.24, 2.45) is 0 Å². The minimum Gasteiger partial charge on any atom is -0.378 e. The van der Waals surface area contributed by atoms with Gasteiger partial charge in [0, 0.05) is 6.61 Å². The Bertz CT molecular complexity index is 327. The summed E-state index contributed by atoms with van der Waals surface area (Å²) >= 11 is 0. The van der Waals surface area contributed by atoms with Crippen molar-refractivity contribution in [2.75, 3.05) is 23.9 Å². The molecule has 0 aromatic rings. The predicted octanol–water partition coefficient (Wildman–Crippen LogP) is 9.24. The van der Waals surface area contributed by atoms with E-state index in [-0.39, 0.29) is 0 Å². The van der Waals surface area contributed by atoms with Crippen molar-refractivity contribution < 1.29 is 4.74 Å². The second-order valence-corrected chi connectivity index (χ2v) is 12.4. The Hall–Kier alpha value is 0.310. The topological polar surface area (TPSA) is 9.23 Å². The molecule has 30 heavy (non-hydrogen) atoms. The molecule has 0 aliphatic carbocycles. The van der Waals surface area contributed by atoms with Crippen LogP contribution in [0.3, 0.4) is 0 Å². The van der Waals surface area contributed by atoms with Gasteiger partial charge in [0.05, 0.1) is 6.10 Å². The van der Waals surface area contributed by atoms with Crippen LogP contribution in [0.2, 0.25) is 0 Å². The summed E-state index contributed by atoms with van der Waals surface area (Å²) in [5.41, 5.74) is 0. The molecule has 2 atom stereocenters. The summed E-state index contributed by atoms with van der Waals surface area (Å²) in [6.07, 6.45) is 30.8. The third-order valence-electron chi connectivity index (χ3n) is 6.93. The van der Waals surface area contributed by atoms with E-state index in [9.17, 15) is 0 Å². The van der Waals surface area contributed by atoms with E-state index in [2.05, 4.69) is 13.8 Å². The molecule has 1 saturated heterocycles. The van der Waals surface area contributed by atoms with Crippen LogP contribution in [-0.2, 0) is 15.6 Å². The van der Waals surface area contributed by atoms with Gasteiger partial charge in [-0.25, -0.2) is 0 Å². The van der Waals surface area contributed by atoms with Crippen molar-refractivity contribution in [3.8, 4) is 0 Å². The zero-order chi connectivity index (χ0) is 21.5. The highest BCUT2D eigenvalue weighted by Crippen LogP contribution is 2.19. The molecule has 0 bridgehead atoms. The maximum atomic E-state index is 5.83. The molecule has 0 N–H and O–H groups in total. The highest BCUT2D eigenvalue weighted by Gasteiger charge is 2.14. The molecular weight excluding hydrogens is 384 g/mol. The van der Waals surface area contributed by atoms with Crippen molar-refractivity contribution in [3.63, 3.8) is 0 Å². The van der Waals surface area contributed by atoms with Gasteiger partial charge in [-0.2, -0.15) is 0 Å². The van der Waals surface area contributed by atoms with Crippen molar-refractivity contribution in [2.45, 2.75) is 155 Å². The largest absolute Gasteiger partial charge is 0.378 e. The highest BCUT2D eigenvalue weighted by atomic mass is 32.2. The molecule has 180 valence electrons. The zero-order valence-electron chi connectivity index (χ0n) is 21.1. The van der Waals surface area contributed by atoms with Crippen LogP contribution >= 0.6 is 0 Å². The average molecular weight is 442 g/mol. The summed E-state index contributed by atoms with van der Waals surface area (Å²) in [7, 11) is 0.733. The van der Waals surface area contributed by atoms with Crippen LogP contribution in [0.5, 0.6) is 0 Å². The van der Waals surface area contributed by atoms with Crippen LogP contribution in [0.25, 0.3) is 0 Å². The molecule has 1 rings (SSSR count). The summed E-state index contributed by atoms with van der Waals surface area (Å²) in [6, 6.07) is 0. The molecule has 0 saturated carbocycles. The molecular formula is C28H57OS+. The molecule has 0 amide bonds. The minimum absolute atomic E-state index is 0.599. The second-order valence-electron chi connectivity index (χ2n) is 9.74. The van der Waals surface area contributed by atoms with E-state index in [1.54, 1.807) is 0 Å². The molecule has 2 unspecified atom stereocenters. The zero-order valence-corrected chi connectivity index (χ0v) is 21.9. The molecule has 1 heterocycles. The van der Waals surface area contributed by atoms with Gasteiger partial charge in [-0.05, 0) is 69.2 Å². The summed E-state index contributed by atoms with van der Waals surface area (Å²) in [5.74, 6) is 4.48. The van der Waals surface area contributed by atoms with Gasteiger partial charge in [-0.3, -0.25) is 0 Å². The van der Waals surface area contributed by atoms with Crippen LogP contribution in [0.4, 0.5) is 0 Å². The maximum absolute atomic E-state index is 5.83. The lowest BCUT2D eigenvalue weighted by Gasteiger charge is -2.22. The molecule has 1 aliphatic rings. The molecule has 1 fully saturated rings. The monoisotopic (exact) mass is 441 g/mol. The van der Waals surface area contributed by atoms with E-state index in [0.29, 0.717) is 6.10 Å². The number of hydrogen-bond donors (Lipinski definition) is 0. The Balaban J connectivity index is 1.77. The van der Waals surface area contributed by atoms with Gasteiger partial charge in [0.1, 0.15) is 17.3 Å². The fraction of sp³-hybridized carbons (Fsp3) is 1.00. The lowest BCUT2D eigenvalue weighted by molar-refractivity contribution is 0.00977. The van der Waals surface area contributed by atoms with Gasteiger partial charge < -0.3 is 4.74 Å². The van der Waals surface area contributed by atoms with E-state index in [0.717, 1.165) is 17.5 Å². The van der Waals surface area contributed by atoms with Crippen molar-refractivity contribution in [1.29, 1.82) is 0 Å². The van der Waals surface area contributed by atoms with Gasteiger partial charge in [0.2, 0.25) is 0 Å². The number of ether oxygens (including phenoxy) is 1. The first-order valence-electron chi connectivity index (χ1n) is 14.1. The van der Waals surface area contributed by atoms with E-state index < -0.39 is 0 Å². The Morgan fingerprint density at radius 3 is 1.57 bits per heavy atom. The lowest BCUT2D eigenvalue weighted by atomic mass is 10.0. The van der Waals surface area contributed by atoms with Crippen LogP contribution in [0.15, 0.2) is 0 Å². The smallest absolute Gasteiger partial charge is 0.108 e. The Kier molecular flexibility index (Phi) is 21.3. The molecule has 0 radical (unpaired) electrons. The Labute approximate surface area is 194 Å². The molecule has 0 aromatic carbocycles. The fourth-order valence-corrected chi connectivity index (χ4v) is 6.79. The molecule has 2 heteroatoms. The minimum atomic E-state index is 0.599. The Morgan fingerprint density at radius 1 is 0.600 bits per heavy atom. The quantitative estimate of drug-likeness (QED) is 0.120. The first-order chi connectivity index (χ1) is 14.9. The second kappa shape index (κ2) is 22.5. The van der Waals surface area contributed by atoms with Gasteiger partial charge >= 0.3 is 0 Å². The summed E-state index contributed by atoms with van der Waals surface area (Å²) < 4.78 is 5.83. The SMILES string of the molecule is CCCCCCCCCC[S+](CC)CCCCCCCCCCCC1CCCCO1. The van der Waals surface area contributed by atoms with Gasteiger partial charge in [0.25, 0.3) is 0 Å². The Morgan fingerprint density at radius 2 is 1.10 bits per heavy atom. The van der Waals surface area contributed by atoms with Crippen LogP contribution < -0.4 is 0 Å². The average Bonchev–Trinajstić information content (AvgIpc) is 2.78. The maximum Gasteiger partial charge on any atom is 0.108 e. The first kappa shape index (κ1) is 28.3. The van der Waals surface area contributed by atoms with Crippen LogP contribution in [0.1, 0.15) is 149 Å². The van der Waals surface area contributed by atoms with Gasteiger partial charge in [-0.15, -0.1) is 0 Å². The standard InChI is InChI=1S/C28H57OS/c1-3-5-6-7-8-13-16-21-26-30(4-2)27-22-17-14-11-9-10-12-15-18-23-28-24-19-20-25-29-28/h28H,3-27H2,1-2H3/q+1. The molecule has 0 aromatic heterocycles. The highest BCUT2D eigenvalue weighted by molar-refractivity contribution is 7.96. The van der Waals surface area contributed by atoms with E-state index in [1.807, 2.05) is 0 Å². The van der Waals surface area contributed by atoms with Gasteiger partial charge in [0.15, 0.2) is 0 Å². The summed E-state index contributed by atoms with van der Waals surface area (Å²) in [5, 5.41) is 0. The number of hydrogen-bond acceptors (Lipinski definition) is 1. The summed E-state index contributed by atoms with van der Waals surface area (Å²) in [4.78, 5) is 0. The van der Waals surface area contributed by atoms with E-state index in [4.69, 9.17) is 4.74 Å². The summed E-state index contributed by atoms with van der Waals surface area (Å²) in [6.45, 7) is 5.75. The molecule has 1 aliphatic heterocycles. The fourth-order valence-electron chi connectivity index (χ4n) is 4.78. The normalized spacial score (nSPS) is 18.0. The van der Waals surface area contributed by atoms with E-state index >= 15 is 0 Å². The predicted molar refractivity (Wildman–Crippen MR) is 140 cm³/mol. The van der Waals surface area contributed by atoms with Crippen LogP contribution in [-0.4, -0.2) is 30.0 Å². The first-order valence-corrected chi connectivity index (χ1v) is 15.9. The van der Waals surface area contributed by atoms with Gasteiger partial charge in [-0.1, -0.05) is 90.4 Å². The van der Waals surface area contributed by atoms with Crippen molar-refractivity contribution >= 4 is 10.9 Å². The van der Waals surface area contributed by atoms with Crippen LogP contribution in [0, 0.1) is 0 Å².